The maximum absolute atomic E-state index is 12.3. The first-order chi connectivity index (χ1) is 10.1. The molecule has 1 unspecified atom stereocenters. The number of furan rings is 1. The van der Waals surface area contributed by atoms with Crippen LogP contribution in [0.1, 0.15) is 23.8 Å². The third-order valence-corrected chi connectivity index (χ3v) is 3.87. The summed E-state index contributed by atoms with van der Waals surface area (Å²) in [4.78, 5) is 16.5. The van der Waals surface area contributed by atoms with E-state index in [0.717, 1.165) is 0 Å². The largest absolute Gasteiger partial charge is 0.462 e. The Morgan fingerprint density at radius 3 is 3.05 bits per heavy atom. The van der Waals surface area contributed by atoms with Crippen LogP contribution in [0.25, 0.3) is 10.8 Å². The third kappa shape index (κ3) is 3.90. The fourth-order valence-corrected chi connectivity index (χ4v) is 2.73. The predicted octanol–water partition coefficient (Wildman–Crippen LogP) is 1.92. The fraction of sp³-hybridized carbons (Fsp3) is 0.429. The van der Waals surface area contributed by atoms with Gasteiger partial charge in [-0.2, -0.15) is 0 Å². The molecule has 21 heavy (non-hydrogen) atoms. The SMILES string of the molecule is COCC(C)(CCO)NC(=O)c1csc(-c2ccco2)n1. The van der Waals surface area contributed by atoms with Gasteiger partial charge in [-0.1, -0.05) is 0 Å². The van der Waals surface area contributed by atoms with Crippen molar-refractivity contribution in [2.75, 3.05) is 20.3 Å². The second-order valence-electron chi connectivity index (χ2n) is 4.94. The molecule has 2 aromatic heterocycles. The summed E-state index contributed by atoms with van der Waals surface area (Å²) in [5.41, 5.74) is -0.304. The van der Waals surface area contributed by atoms with E-state index in [4.69, 9.17) is 14.3 Å². The summed E-state index contributed by atoms with van der Waals surface area (Å²) in [6.07, 6.45) is 1.97. The Bertz CT molecular complexity index is 574. The van der Waals surface area contributed by atoms with Gasteiger partial charge in [0.25, 0.3) is 5.91 Å². The van der Waals surface area contributed by atoms with Crippen molar-refractivity contribution in [2.45, 2.75) is 18.9 Å². The van der Waals surface area contributed by atoms with Crippen LogP contribution < -0.4 is 5.32 Å². The van der Waals surface area contributed by atoms with Crippen molar-refractivity contribution in [1.29, 1.82) is 0 Å². The van der Waals surface area contributed by atoms with Gasteiger partial charge >= 0.3 is 0 Å². The summed E-state index contributed by atoms with van der Waals surface area (Å²) < 4.78 is 10.4. The lowest BCUT2D eigenvalue weighted by atomic mass is 9.99. The van der Waals surface area contributed by atoms with Crippen LogP contribution in [0.15, 0.2) is 28.2 Å². The minimum Gasteiger partial charge on any atom is -0.462 e. The zero-order valence-electron chi connectivity index (χ0n) is 12.0. The van der Waals surface area contributed by atoms with Gasteiger partial charge in [0.2, 0.25) is 0 Å². The van der Waals surface area contributed by atoms with Crippen LogP contribution >= 0.6 is 11.3 Å². The number of ether oxygens (including phenoxy) is 1. The van der Waals surface area contributed by atoms with E-state index in [2.05, 4.69) is 10.3 Å². The molecule has 114 valence electrons. The van der Waals surface area contributed by atoms with E-state index in [-0.39, 0.29) is 12.5 Å². The Labute approximate surface area is 126 Å². The number of nitrogens with zero attached hydrogens (tertiary/aromatic N) is 1. The molecular weight excluding hydrogens is 292 g/mol. The van der Waals surface area contributed by atoms with Crippen molar-refractivity contribution < 1.29 is 19.1 Å². The first kappa shape index (κ1) is 15.7. The van der Waals surface area contributed by atoms with Crippen molar-refractivity contribution in [3.05, 3.63) is 29.5 Å². The standard InChI is InChI=1S/C14H18N2O4S/c1-14(5-6-17,9-19-2)16-12(18)10-8-21-13(15-10)11-4-3-7-20-11/h3-4,7-8,17H,5-6,9H2,1-2H3,(H,16,18). The van der Waals surface area contributed by atoms with Gasteiger partial charge < -0.3 is 19.6 Å². The topological polar surface area (TPSA) is 84.6 Å². The molecule has 1 atom stereocenters. The number of methoxy groups -OCH3 is 1. The predicted molar refractivity (Wildman–Crippen MR) is 79.3 cm³/mol. The molecule has 2 rings (SSSR count). The fourth-order valence-electron chi connectivity index (χ4n) is 1.97. The molecule has 7 heteroatoms. The van der Waals surface area contributed by atoms with Gasteiger partial charge in [-0.25, -0.2) is 4.98 Å². The number of carbonyl (C=O) groups excluding carboxylic acids is 1. The van der Waals surface area contributed by atoms with Crippen LogP contribution in [-0.2, 0) is 4.74 Å². The Morgan fingerprint density at radius 2 is 2.43 bits per heavy atom. The van der Waals surface area contributed by atoms with Crippen LogP contribution in [0.5, 0.6) is 0 Å². The normalized spacial score (nSPS) is 13.9. The zero-order chi connectivity index (χ0) is 15.3. The molecular formula is C14H18N2O4S. The molecule has 2 heterocycles. The van der Waals surface area contributed by atoms with Crippen LogP contribution in [0.4, 0.5) is 0 Å². The Kier molecular flexibility index (Phi) is 5.11. The number of rotatable bonds is 7. The van der Waals surface area contributed by atoms with E-state index in [1.807, 2.05) is 6.92 Å². The first-order valence-corrected chi connectivity index (χ1v) is 7.37. The maximum Gasteiger partial charge on any atom is 0.271 e. The first-order valence-electron chi connectivity index (χ1n) is 6.50. The summed E-state index contributed by atoms with van der Waals surface area (Å²) in [5, 5.41) is 14.3. The molecule has 1 amide bonds. The minimum atomic E-state index is -0.630. The Hall–Kier alpha value is -1.70. The van der Waals surface area contributed by atoms with E-state index in [9.17, 15) is 4.79 Å². The molecule has 0 saturated heterocycles. The summed E-state index contributed by atoms with van der Waals surface area (Å²) in [5.74, 6) is 0.339. The number of hydrogen-bond acceptors (Lipinski definition) is 6. The Balaban J connectivity index is 2.09. The van der Waals surface area contributed by atoms with Crippen LogP contribution in [-0.4, -0.2) is 41.9 Å². The lowest BCUT2D eigenvalue weighted by Crippen LogP contribution is -2.50. The quantitative estimate of drug-likeness (QED) is 0.816. The number of carbonyl (C=O) groups is 1. The van der Waals surface area contributed by atoms with Gasteiger partial charge in [0.1, 0.15) is 5.69 Å². The van der Waals surface area contributed by atoms with Gasteiger partial charge in [0.05, 0.1) is 18.4 Å². The third-order valence-electron chi connectivity index (χ3n) is 3.01. The molecule has 2 aromatic rings. The molecule has 0 aliphatic heterocycles. The molecule has 0 aromatic carbocycles. The van der Waals surface area contributed by atoms with Gasteiger partial charge in [-0.15, -0.1) is 11.3 Å². The van der Waals surface area contributed by atoms with Crippen molar-refractivity contribution >= 4 is 17.2 Å². The van der Waals surface area contributed by atoms with Gasteiger partial charge in [-0.3, -0.25) is 4.79 Å². The summed E-state index contributed by atoms with van der Waals surface area (Å²) in [7, 11) is 1.56. The molecule has 0 bridgehead atoms. The number of amides is 1. The summed E-state index contributed by atoms with van der Waals surface area (Å²) in [6, 6.07) is 3.56. The van der Waals surface area contributed by atoms with Crippen molar-refractivity contribution in [3.8, 4) is 10.8 Å². The van der Waals surface area contributed by atoms with E-state index in [0.29, 0.717) is 29.5 Å². The molecule has 0 radical (unpaired) electrons. The number of aliphatic hydroxyl groups is 1. The van der Waals surface area contributed by atoms with Crippen LogP contribution in [0.2, 0.25) is 0 Å². The average Bonchev–Trinajstić information content (AvgIpc) is 3.10. The second kappa shape index (κ2) is 6.84. The smallest absolute Gasteiger partial charge is 0.271 e. The number of aliphatic hydroxyl groups excluding tert-OH is 1. The zero-order valence-corrected chi connectivity index (χ0v) is 12.8. The maximum atomic E-state index is 12.3. The van der Waals surface area contributed by atoms with Gasteiger partial charge in [0, 0.05) is 19.1 Å². The number of aromatic nitrogens is 1. The second-order valence-corrected chi connectivity index (χ2v) is 5.79. The van der Waals surface area contributed by atoms with E-state index >= 15 is 0 Å². The number of thiazole rings is 1. The number of hydrogen-bond donors (Lipinski definition) is 2. The van der Waals surface area contributed by atoms with Crippen LogP contribution in [0, 0.1) is 0 Å². The molecule has 0 aliphatic carbocycles. The number of nitrogens with one attached hydrogen (secondary N) is 1. The highest BCUT2D eigenvalue weighted by Crippen LogP contribution is 2.24. The minimum absolute atomic E-state index is 0.0329. The highest BCUT2D eigenvalue weighted by Gasteiger charge is 2.27. The van der Waals surface area contributed by atoms with Crippen LogP contribution in [0.3, 0.4) is 0 Å². The van der Waals surface area contributed by atoms with E-state index in [1.54, 1.807) is 30.9 Å². The van der Waals surface area contributed by atoms with Gasteiger partial charge in [0.15, 0.2) is 10.8 Å². The van der Waals surface area contributed by atoms with Gasteiger partial charge in [-0.05, 0) is 25.5 Å². The highest BCUT2D eigenvalue weighted by atomic mass is 32.1. The monoisotopic (exact) mass is 310 g/mol. The summed E-state index contributed by atoms with van der Waals surface area (Å²) in [6.45, 7) is 2.10. The summed E-state index contributed by atoms with van der Waals surface area (Å²) >= 11 is 1.34. The Morgan fingerprint density at radius 1 is 1.62 bits per heavy atom. The molecule has 0 saturated carbocycles. The van der Waals surface area contributed by atoms with E-state index in [1.165, 1.54) is 11.3 Å². The molecule has 0 spiro atoms. The van der Waals surface area contributed by atoms with E-state index < -0.39 is 5.54 Å². The van der Waals surface area contributed by atoms with Crippen molar-refractivity contribution in [3.63, 3.8) is 0 Å². The molecule has 0 fully saturated rings. The van der Waals surface area contributed by atoms with Crippen molar-refractivity contribution in [1.82, 2.24) is 10.3 Å². The molecule has 0 aliphatic rings. The molecule has 2 N–H and O–H groups in total. The molecule has 6 nitrogen and oxygen atoms in total. The van der Waals surface area contributed by atoms with Crippen molar-refractivity contribution in [2.24, 2.45) is 0 Å². The lowest BCUT2D eigenvalue weighted by Gasteiger charge is -2.29. The lowest BCUT2D eigenvalue weighted by molar-refractivity contribution is 0.0722. The highest BCUT2D eigenvalue weighted by molar-refractivity contribution is 7.13. The average molecular weight is 310 g/mol.